The Kier molecular flexibility index (Phi) is 16.4. The minimum atomic E-state index is -4.64. The molecule has 0 aliphatic heterocycles. The number of rotatable bonds is 0. The van der Waals surface area contributed by atoms with E-state index in [4.69, 9.17) is 38.5 Å². The molecule has 0 unspecified atom stereocenters. The van der Waals surface area contributed by atoms with Gasteiger partial charge in [0, 0.05) is 0 Å². The molecule has 0 spiro atoms. The van der Waals surface area contributed by atoms with E-state index < -0.39 is 15.6 Å². The zero-order valence-electron chi connectivity index (χ0n) is 9.81. The van der Waals surface area contributed by atoms with Gasteiger partial charge in [-0.15, -0.1) is 0 Å². The Bertz CT molecular complexity index is 142. The Morgan fingerprint density at radius 1 is 0.833 bits per heavy atom. The fraction of sp³-hybridized carbons (Fsp3) is 0. The van der Waals surface area contributed by atoms with Gasteiger partial charge in [0.2, 0.25) is 0 Å². The van der Waals surface area contributed by atoms with Crippen LogP contribution in [0.1, 0.15) is 5.71 Å². The van der Waals surface area contributed by atoms with Crippen LogP contribution in [0.5, 0.6) is 0 Å². The van der Waals surface area contributed by atoms with Crippen LogP contribution in [0, 0.1) is 0 Å². The maximum Gasteiger partial charge on any atom is 2.00 e. The maximum atomic E-state index is 8.88. The van der Waals surface area contributed by atoms with Crippen molar-refractivity contribution in [1.29, 1.82) is 0 Å². The van der Waals surface area contributed by atoms with E-state index in [1.54, 1.807) is 0 Å². The molecular weight excluding hydrogens is 228 g/mol. The van der Waals surface area contributed by atoms with Crippen LogP contribution < -0.4 is 6.15 Å². The predicted octanol–water partition coefficient (Wildman–Crippen LogP) is -1.63. The van der Waals surface area contributed by atoms with Gasteiger partial charge in [0.25, 0.3) is 0 Å². The largest absolute Gasteiger partial charge is 2.00 e. The third-order valence-corrected chi connectivity index (χ3v) is 0. The van der Waals surface area contributed by atoms with Crippen molar-refractivity contribution < 1.29 is 44.2 Å². The first-order valence-corrected chi connectivity index (χ1v) is 4.70. The standard InChI is InChI=1S/Mg.H3N.2H3O4P.2H/c;;2*1-5(2,3)4;;/h;1H3;2*(H3,1,2,3,4);;/q+2;;;;2*-1/p+2. The van der Waals surface area contributed by atoms with Gasteiger partial charge in [0.05, 0.1) is 0 Å². The van der Waals surface area contributed by atoms with Gasteiger partial charge in [0.1, 0.15) is 0 Å². The Morgan fingerprint density at radius 2 is 0.833 bits per heavy atom. The summed E-state index contributed by atoms with van der Waals surface area (Å²) in [5.74, 6) is 0. The van der Waals surface area contributed by atoms with E-state index in [0.717, 1.165) is 0 Å². The van der Waals surface area contributed by atoms with Crippen molar-refractivity contribution in [2.24, 2.45) is 0 Å². The molecule has 76 valence electrons. The van der Waals surface area contributed by atoms with Crippen molar-refractivity contribution in [3.63, 3.8) is 0 Å². The van der Waals surface area contributed by atoms with Gasteiger partial charge < -0.3 is 38.4 Å². The zero-order valence-corrected chi connectivity index (χ0v) is 9.01. The molecule has 12 heavy (non-hydrogen) atoms. The normalized spacial score (nSPS) is 9.83. The molecule has 12 heteroatoms. The molecule has 0 fully saturated rings. The van der Waals surface area contributed by atoms with Crippen LogP contribution in [-0.4, -0.2) is 52.4 Å². The fourth-order valence-corrected chi connectivity index (χ4v) is 0. The summed E-state index contributed by atoms with van der Waals surface area (Å²) >= 11 is 0. The Morgan fingerprint density at radius 3 is 0.833 bits per heavy atom. The van der Waals surface area contributed by atoms with Crippen LogP contribution in [0.3, 0.4) is 0 Å². The predicted molar refractivity (Wildman–Crippen MR) is 43.7 cm³/mol. The smallest absolute Gasteiger partial charge is 1.00 e. The molecule has 0 rings (SSSR count). The molecule has 0 heterocycles. The molecule has 0 aliphatic carbocycles. The summed E-state index contributed by atoms with van der Waals surface area (Å²) in [5, 5.41) is 0. The van der Waals surface area contributed by atoms with E-state index in [0.29, 0.717) is 0 Å². The second-order valence-corrected chi connectivity index (χ2v) is 3.08. The monoisotopic (exact) mass is 241 g/mol. The molecule has 0 aromatic rings. The summed E-state index contributed by atoms with van der Waals surface area (Å²) in [6.07, 6.45) is 0. The quantitative estimate of drug-likeness (QED) is 0.193. The molecule has 0 radical (unpaired) electrons. The molecule has 0 aromatic heterocycles. The number of phosphoric acid groups is 2. The fourth-order valence-electron chi connectivity index (χ4n) is 0. The van der Waals surface area contributed by atoms with Crippen molar-refractivity contribution in [3.8, 4) is 0 Å². The van der Waals surface area contributed by atoms with Crippen molar-refractivity contribution in [2.75, 3.05) is 0 Å². The zero-order chi connectivity index (χ0) is 9.00. The van der Waals surface area contributed by atoms with Gasteiger partial charge in [0.15, 0.2) is 0 Å². The van der Waals surface area contributed by atoms with Crippen molar-refractivity contribution in [2.45, 2.75) is 0 Å². The summed E-state index contributed by atoms with van der Waals surface area (Å²) < 4.78 is 17.8. The summed E-state index contributed by atoms with van der Waals surface area (Å²) in [6.45, 7) is 0. The van der Waals surface area contributed by atoms with E-state index in [1.807, 2.05) is 0 Å². The van der Waals surface area contributed by atoms with Crippen LogP contribution in [-0.2, 0) is 9.13 Å². The average Bonchev–Trinajstić information content (AvgIpc) is 1.12. The minimum Gasteiger partial charge on any atom is -1.00 e. The van der Waals surface area contributed by atoms with E-state index in [1.165, 1.54) is 0 Å². The molecule has 0 amide bonds. The van der Waals surface area contributed by atoms with E-state index in [9.17, 15) is 0 Å². The molecule has 9 N–H and O–H groups in total. The van der Waals surface area contributed by atoms with E-state index in [2.05, 4.69) is 0 Å². The molecule has 0 aliphatic rings. The number of hydrogen-bond donors (Lipinski definition) is 7. The van der Waals surface area contributed by atoms with E-state index >= 15 is 0 Å². The first-order chi connectivity index (χ1) is 4.00. The topological polar surface area (TPSA) is 191 Å². The van der Waals surface area contributed by atoms with Gasteiger partial charge >= 0.3 is 41.6 Å². The second kappa shape index (κ2) is 8.54. The van der Waals surface area contributed by atoms with Crippen molar-refractivity contribution >= 4 is 38.7 Å². The van der Waals surface area contributed by atoms with Crippen LogP contribution in [0.25, 0.3) is 0 Å². The molecule has 0 aromatic carbocycles. The minimum absolute atomic E-state index is 0. The van der Waals surface area contributed by atoms with E-state index in [-0.39, 0.29) is 34.9 Å². The third-order valence-electron chi connectivity index (χ3n) is 0. The first-order valence-electron chi connectivity index (χ1n) is 1.57. The van der Waals surface area contributed by atoms with Gasteiger partial charge in [-0.05, 0) is 0 Å². The molecule has 0 atom stereocenters. The number of hydrogen-bond acceptors (Lipinski definition) is 3. The SMILES string of the molecule is N.O=P(O)(O)O.O=P(O)(O)O.[H+].[H+].[H-].[H-].[Mg+2]. The van der Waals surface area contributed by atoms with Gasteiger partial charge in [-0.3, -0.25) is 0 Å². The molecule has 9 nitrogen and oxygen atoms in total. The Hall–Kier alpha value is 0.946. The Labute approximate surface area is 89.6 Å². The molecule has 0 bridgehead atoms. The summed E-state index contributed by atoms with van der Waals surface area (Å²) in [4.78, 5) is 43.1. The first kappa shape index (κ1) is 23.1. The van der Waals surface area contributed by atoms with Crippen LogP contribution in [0.2, 0.25) is 0 Å². The molecule has 0 saturated heterocycles. The van der Waals surface area contributed by atoms with Gasteiger partial charge in [-0.2, -0.15) is 0 Å². The summed E-state index contributed by atoms with van der Waals surface area (Å²) in [7, 11) is -9.28. The average molecular weight is 241 g/mol. The molecule has 0 saturated carbocycles. The maximum absolute atomic E-state index is 8.88. The van der Waals surface area contributed by atoms with Crippen LogP contribution in [0.15, 0.2) is 0 Å². The Balaban J connectivity index is -0.00000000970. The summed E-state index contributed by atoms with van der Waals surface area (Å²) in [6, 6.07) is 0. The third kappa shape index (κ3) is 1210. The van der Waals surface area contributed by atoms with Gasteiger partial charge in [-0.1, -0.05) is 0 Å². The van der Waals surface area contributed by atoms with Crippen LogP contribution >= 0.6 is 15.6 Å². The second-order valence-electron chi connectivity index (χ2n) is 1.03. The van der Waals surface area contributed by atoms with Crippen LogP contribution in [0.4, 0.5) is 0 Å². The summed E-state index contributed by atoms with van der Waals surface area (Å²) in [5.41, 5.74) is 0. The van der Waals surface area contributed by atoms with Crippen molar-refractivity contribution in [3.05, 3.63) is 0 Å². The molecular formula is H13MgNO8P2+2. The van der Waals surface area contributed by atoms with Gasteiger partial charge in [-0.25, -0.2) is 9.13 Å². The van der Waals surface area contributed by atoms with Crippen molar-refractivity contribution in [1.82, 2.24) is 6.15 Å².